The van der Waals surface area contributed by atoms with Crippen LogP contribution in [0.5, 0.6) is 0 Å². The molecule has 31 heavy (non-hydrogen) atoms. The van der Waals surface area contributed by atoms with Gasteiger partial charge in [-0.3, -0.25) is 4.79 Å². The van der Waals surface area contributed by atoms with Gasteiger partial charge in [0.2, 0.25) is 0 Å². The number of aliphatic carboxylic acids is 1. The molecule has 0 aliphatic heterocycles. The summed E-state index contributed by atoms with van der Waals surface area (Å²) in [7, 11) is 0. The molecular formula is C24H42NaO6. The van der Waals surface area contributed by atoms with Gasteiger partial charge in [0.25, 0.3) is 0 Å². The van der Waals surface area contributed by atoms with Crippen molar-refractivity contribution in [2.45, 2.75) is 96.9 Å². The summed E-state index contributed by atoms with van der Waals surface area (Å²) < 4.78 is 0. The van der Waals surface area contributed by atoms with Gasteiger partial charge in [0.1, 0.15) is 0 Å². The molecule has 6 N–H and O–H groups in total. The fraction of sp³-hybridized carbons (Fsp3) is 0.958. The van der Waals surface area contributed by atoms with Crippen LogP contribution >= 0.6 is 0 Å². The van der Waals surface area contributed by atoms with Crippen LogP contribution in [0.4, 0.5) is 0 Å². The molecule has 0 saturated heterocycles. The summed E-state index contributed by atoms with van der Waals surface area (Å²) in [5.41, 5.74) is -0.143. The monoisotopic (exact) mass is 449 g/mol. The van der Waals surface area contributed by atoms with Crippen molar-refractivity contribution in [3.05, 3.63) is 0 Å². The summed E-state index contributed by atoms with van der Waals surface area (Å²) in [6.07, 6.45) is 6.00. The summed E-state index contributed by atoms with van der Waals surface area (Å²) in [4.78, 5) is 11.1. The van der Waals surface area contributed by atoms with Gasteiger partial charge in [0.05, 0.1) is 18.3 Å². The van der Waals surface area contributed by atoms with Crippen molar-refractivity contribution in [3.8, 4) is 0 Å². The number of carboxylic acids is 1. The van der Waals surface area contributed by atoms with Gasteiger partial charge >= 0.3 is 5.97 Å². The molecule has 0 aromatic heterocycles. The molecule has 11 atom stereocenters. The summed E-state index contributed by atoms with van der Waals surface area (Å²) in [6.45, 7) is 6.72. The van der Waals surface area contributed by atoms with Gasteiger partial charge in [-0.05, 0) is 97.7 Å². The minimum atomic E-state index is -0.748. The van der Waals surface area contributed by atoms with Crippen molar-refractivity contribution in [1.29, 1.82) is 0 Å². The minimum absolute atomic E-state index is 0. The Bertz CT molecular complexity index is 646. The molecule has 0 heterocycles. The molecule has 4 aliphatic rings. The molecular weight excluding hydrogens is 407 g/mol. The maximum absolute atomic E-state index is 11.5. The maximum Gasteiger partial charge on any atom is 0.303 e. The Balaban J connectivity index is 0.00000171. The van der Waals surface area contributed by atoms with Crippen LogP contribution in [0.2, 0.25) is 0 Å². The first-order valence-corrected chi connectivity index (χ1v) is 11.8. The smallest absolute Gasteiger partial charge is 0.303 e. The molecule has 1 radical (unpaired) electrons. The Hall–Kier alpha value is 0.310. The normalized spacial score (nSPS) is 49.5. The van der Waals surface area contributed by atoms with Crippen LogP contribution in [0.15, 0.2) is 0 Å². The third-order valence-corrected chi connectivity index (χ3v) is 10.3. The van der Waals surface area contributed by atoms with Crippen LogP contribution in [0.1, 0.15) is 78.6 Å². The standard InChI is InChI=1S/C24H40O5.Na.H2O/c1-13(4-7-21(28)29)16-5-6-17-22-18(12-20(27)24(16,17)3)23(2)9-8-15(25)10-14(23)11-19(22)26;;/h13-20,22,25-27H,4-12H2,1-3H3,(H,28,29);;1H2/t13-,14+,15-,16-,17+,18+,19-,20+,22+,23+,24-;;/m1../s1. The molecule has 4 rings (SSSR count). The summed E-state index contributed by atoms with van der Waals surface area (Å²) in [5.74, 6) is 0.997. The third kappa shape index (κ3) is 4.40. The van der Waals surface area contributed by atoms with Crippen molar-refractivity contribution in [3.63, 3.8) is 0 Å². The van der Waals surface area contributed by atoms with E-state index < -0.39 is 12.1 Å². The Kier molecular flexibility index (Phi) is 8.79. The third-order valence-electron chi connectivity index (χ3n) is 10.3. The van der Waals surface area contributed by atoms with Gasteiger partial charge in [0, 0.05) is 36.0 Å². The van der Waals surface area contributed by atoms with Gasteiger partial charge in [-0.25, -0.2) is 0 Å². The second-order valence-corrected chi connectivity index (χ2v) is 11.4. The van der Waals surface area contributed by atoms with Crippen molar-refractivity contribution in [1.82, 2.24) is 0 Å². The summed E-state index contributed by atoms with van der Waals surface area (Å²) in [6, 6.07) is 0. The number of carbonyl (C=O) groups is 1. The van der Waals surface area contributed by atoms with Crippen LogP contribution < -0.4 is 0 Å². The molecule has 0 unspecified atom stereocenters. The van der Waals surface area contributed by atoms with E-state index in [0.29, 0.717) is 30.1 Å². The first kappa shape index (κ1) is 27.6. The van der Waals surface area contributed by atoms with E-state index >= 15 is 0 Å². The molecule has 6 nitrogen and oxygen atoms in total. The van der Waals surface area contributed by atoms with E-state index in [-0.39, 0.29) is 76.3 Å². The van der Waals surface area contributed by atoms with Crippen molar-refractivity contribution in [2.75, 3.05) is 0 Å². The minimum Gasteiger partial charge on any atom is -0.481 e. The van der Waals surface area contributed by atoms with E-state index in [2.05, 4.69) is 20.8 Å². The van der Waals surface area contributed by atoms with Crippen LogP contribution in [0.3, 0.4) is 0 Å². The van der Waals surface area contributed by atoms with Crippen LogP contribution in [0.25, 0.3) is 0 Å². The average Bonchev–Trinajstić information content (AvgIpc) is 3.01. The first-order valence-electron chi connectivity index (χ1n) is 11.8. The van der Waals surface area contributed by atoms with Crippen LogP contribution in [-0.4, -0.2) is 79.7 Å². The summed E-state index contributed by atoms with van der Waals surface area (Å²) >= 11 is 0. The Morgan fingerprint density at radius 1 is 1.03 bits per heavy atom. The fourth-order valence-corrected chi connectivity index (χ4v) is 8.68. The number of rotatable bonds is 4. The van der Waals surface area contributed by atoms with Crippen LogP contribution in [-0.2, 0) is 4.79 Å². The zero-order valence-corrected chi connectivity index (χ0v) is 21.8. The molecule has 0 aromatic carbocycles. The van der Waals surface area contributed by atoms with Crippen molar-refractivity contribution >= 4 is 35.5 Å². The quantitative estimate of drug-likeness (QED) is 0.489. The average molecular weight is 450 g/mol. The second-order valence-electron chi connectivity index (χ2n) is 11.4. The number of carboxylic acid groups (broad SMARTS) is 1. The maximum atomic E-state index is 11.5. The van der Waals surface area contributed by atoms with Gasteiger partial charge in [-0.15, -0.1) is 0 Å². The molecule has 4 fully saturated rings. The van der Waals surface area contributed by atoms with Gasteiger partial charge in [-0.1, -0.05) is 20.8 Å². The Labute approximate surface area is 208 Å². The predicted molar refractivity (Wildman–Crippen MR) is 119 cm³/mol. The van der Waals surface area contributed by atoms with E-state index in [1.54, 1.807) is 0 Å². The molecule has 0 spiro atoms. The van der Waals surface area contributed by atoms with E-state index in [4.69, 9.17) is 5.11 Å². The van der Waals surface area contributed by atoms with E-state index in [1.165, 1.54) is 0 Å². The largest absolute Gasteiger partial charge is 0.481 e. The first-order chi connectivity index (χ1) is 13.6. The molecule has 175 valence electrons. The number of hydrogen-bond acceptors (Lipinski definition) is 4. The van der Waals surface area contributed by atoms with Crippen LogP contribution in [0, 0.1) is 46.3 Å². The number of fused-ring (bicyclic) bond motifs is 5. The molecule has 4 aliphatic carbocycles. The number of aliphatic hydroxyl groups excluding tert-OH is 3. The number of hydrogen-bond donors (Lipinski definition) is 4. The van der Waals surface area contributed by atoms with Crippen molar-refractivity contribution < 1.29 is 30.7 Å². The Morgan fingerprint density at radius 2 is 1.71 bits per heavy atom. The zero-order chi connectivity index (χ0) is 21.1. The van der Waals surface area contributed by atoms with E-state index in [9.17, 15) is 20.1 Å². The van der Waals surface area contributed by atoms with Gasteiger partial charge in [-0.2, -0.15) is 0 Å². The van der Waals surface area contributed by atoms with Gasteiger partial charge < -0.3 is 25.9 Å². The molecule has 0 bridgehead atoms. The SMILES string of the molecule is C[C@H](CCC(=O)O)[C@H]1CC[C@H]2[C@@H]3[C@H](O)C[C@@H]4C[C@H](O)CC[C@]4(C)[C@H]3C[C@H](O)[C@]12C.O.[Na]. The molecule has 7 heteroatoms. The zero-order valence-electron chi connectivity index (χ0n) is 19.8. The Morgan fingerprint density at radius 3 is 2.35 bits per heavy atom. The second kappa shape index (κ2) is 9.89. The fourth-order valence-electron chi connectivity index (χ4n) is 8.68. The topological polar surface area (TPSA) is 129 Å². The number of aliphatic hydroxyl groups is 3. The molecule has 4 saturated carbocycles. The van der Waals surface area contributed by atoms with E-state index in [1.807, 2.05) is 0 Å². The summed E-state index contributed by atoms with van der Waals surface area (Å²) in [5, 5.41) is 42.0. The molecule has 0 aromatic rings. The van der Waals surface area contributed by atoms with Gasteiger partial charge in [0.15, 0.2) is 0 Å². The van der Waals surface area contributed by atoms with Crippen molar-refractivity contribution in [2.24, 2.45) is 46.3 Å². The molecule has 0 amide bonds. The van der Waals surface area contributed by atoms with E-state index in [0.717, 1.165) is 44.9 Å². The predicted octanol–water partition coefficient (Wildman–Crippen LogP) is 2.24.